The molecule has 184 valence electrons. The lowest BCUT2D eigenvalue weighted by Crippen LogP contribution is -2.39. The van der Waals surface area contributed by atoms with Gasteiger partial charge in [-0.2, -0.15) is 10.2 Å². The normalized spacial score (nSPS) is 15.1. The zero-order chi connectivity index (χ0) is 24.6. The van der Waals surface area contributed by atoms with Crippen LogP contribution in [0.3, 0.4) is 0 Å². The first-order valence-corrected chi connectivity index (χ1v) is 11.9. The van der Waals surface area contributed by atoms with E-state index in [9.17, 15) is 0 Å². The molecule has 0 bridgehead atoms. The molecule has 1 aromatic carbocycles. The van der Waals surface area contributed by atoms with Crippen LogP contribution in [0.5, 0.6) is 11.5 Å². The summed E-state index contributed by atoms with van der Waals surface area (Å²) in [6, 6.07) is 9.21. The number of piperidine rings is 1. The monoisotopic (exact) mass is 487 g/mol. The molecule has 0 saturated carbocycles. The number of benzene rings is 1. The molecule has 6 rings (SSSR count). The van der Waals surface area contributed by atoms with E-state index in [1.165, 1.54) is 12.7 Å². The van der Waals surface area contributed by atoms with Crippen LogP contribution in [0.4, 0.5) is 15.9 Å². The molecule has 0 unspecified atom stereocenters. The van der Waals surface area contributed by atoms with Crippen LogP contribution in [-0.4, -0.2) is 53.2 Å². The molecule has 1 aliphatic heterocycles. The Kier molecular flexibility index (Phi) is 5.70. The molecular weight excluding hydrogens is 461 g/mol. The summed E-state index contributed by atoms with van der Waals surface area (Å²) in [6.45, 7) is 4.35. The van der Waals surface area contributed by atoms with Crippen LogP contribution < -0.4 is 15.8 Å². The Morgan fingerprint density at radius 2 is 1.83 bits per heavy atom. The fourth-order valence-corrected chi connectivity index (χ4v) is 4.58. The average Bonchev–Trinajstić information content (AvgIpc) is 3.52. The smallest absolute Gasteiger partial charge is 0.158 e. The van der Waals surface area contributed by atoms with Crippen LogP contribution in [0.2, 0.25) is 0 Å². The minimum absolute atomic E-state index is 0.274. The Balaban J connectivity index is 1.26. The molecule has 1 saturated heterocycles. The highest BCUT2D eigenvalue weighted by molar-refractivity contribution is 5.77. The van der Waals surface area contributed by atoms with Crippen LogP contribution in [0.15, 0.2) is 55.4 Å². The lowest BCUT2D eigenvalue weighted by Gasteiger charge is -2.29. The number of hydrogen-bond acceptors (Lipinski definition) is 8. The highest BCUT2D eigenvalue weighted by Gasteiger charge is 2.20. The number of anilines is 2. The van der Waals surface area contributed by atoms with Gasteiger partial charge in [-0.1, -0.05) is 0 Å². The van der Waals surface area contributed by atoms with Crippen molar-refractivity contribution in [3.05, 3.63) is 72.3 Å². The highest BCUT2D eigenvalue weighted by atomic mass is 19.1. The van der Waals surface area contributed by atoms with Crippen molar-refractivity contribution in [1.82, 2.24) is 34.1 Å². The van der Waals surface area contributed by atoms with Crippen LogP contribution in [-0.2, 0) is 6.54 Å². The van der Waals surface area contributed by atoms with Crippen molar-refractivity contribution in [1.29, 1.82) is 0 Å². The van der Waals surface area contributed by atoms with Gasteiger partial charge in [-0.3, -0.25) is 4.90 Å². The first kappa shape index (κ1) is 22.4. The molecule has 0 amide bonds. The van der Waals surface area contributed by atoms with Gasteiger partial charge in [-0.05, 0) is 62.7 Å². The number of fused-ring (bicyclic) bond motifs is 2. The number of hydrogen-bond donors (Lipinski definition) is 2. The van der Waals surface area contributed by atoms with Gasteiger partial charge in [0.05, 0.1) is 5.69 Å². The molecule has 5 heterocycles. The van der Waals surface area contributed by atoms with E-state index in [1.807, 2.05) is 12.3 Å². The molecule has 0 atom stereocenters. The number of likely N-dealkylation sites (tertiary alicyclic amines) is 1. The quantitative estimate of drug-likeness (QED) is 0.373. The number of pyridine rings is 1. The van der Waals surface area contributed by atoms with Crippen molar-refractivity contribution in [2.75, 3.05) is 18.4 Å². The summed E-state index contributed by atoms with van der Waals surface area (Å²) in [5, 5.41) is 11.6. The van der Waals surface area contributed by atoms with E-state index in [-0.39, 0.29) is 6.04 Å². The molecule has 11 heteroatoms. The molecule has 1 fully saturated rings. The molecule has 1 aliphatic rings. The van der Waals surface area contributed by atoms with Crippen molar-refractivity contribution in [2.24, 2.45) is 5.73 Å². The second-order valence-electron chi connectivity index (χ2n) is 9.06. The SMILES string of the molecule is Cc1c(Oc2ccn3ncnc3c2)ccc(Nc2ncnn3ccc(CN4CCC(N)CC4)c23)c1F. The first-order valence-electron chi connectivity index (χ1n) is 11.9. The molecule has 3 N–H and O–H groups in total. The fourth-order valence-electron chi connectivity index (χ4n) is 4.58. The standard InChI is InChI=1S/C25H26FN9O/c1-16-21(36-19-7-11-34-22(12-19)28-14-30-34)3-2-20(23(16)26)32-25-24-17(4-10-35(24)31-15-29-25)13-33-8-5-18(27)6-9-33/h2-4,7,10-12,14-15,18H,5-6,8-9,13,27H2,1H3,(H,29,31,32). The van der Waals surface area contributed by atoms with Crippen LogP contribution >= 0.6 is 0 Å². The summed E-state index contributed by atoms with van der Waals surface area (Å²) in [5.41, 5.74) is 9.30. The van der Waals surface area contributed by atoms with Crippen molar-refractivity contribution < 1.29 is 9.13 Å². The fraction of sp³-hybridized carbons (Fsp3) is 0.280. The van der Waals surface area contributed by atoms with Crippen molar-refractivity contribution in [2.45, 2.75) is 32.4 Å². The lowest BCUT2D eigenvalue weighted by molar-refractivity contribution is 0.206. The lowest BCUT2D eigenvalue weighted by atomic mass is 10.1. The Bertz CT molecular complexity index is 1540. The number of halogens is 1. The molecule has 5 aromatic rings. The van der Waals surface area contributed by atoms with Gasteiger partial charge in [0.2, 0.25) is 0 Å². The minimum atomic E-state index is -0.411. The third-order valence-corrected chi connectivity index (χ3v) is 6.63. The summed E-state index contributed by atoms with van der Waals surface area (Å²) < 4.78 is 24.8. The minimum Gasteiger partial charge on any atom is -0.457 e. The molecule has 36 heavy (non-hydrogen) atoms. The van der Waals surface area contributed by atoms with Crippen LogP contribution in [0.25, 0.3) is 11.2 Å². The molecule has 0 spiro atoms. The van der Waals surface area contributed by atoms with Gasteiger partial charge in [0.25, 0.3) is 0 Å². The third kappa shape index (κ3) is 4.23. The molecule has 10 nitrogen and oxygen atoms in total. The average molecular weight is 488 g/mol. The van der Waals surface area contributed by atoms with E-state index in [0.29, 0.717) is 34.2 Å². The zero-order valence-corrected chi connectivity index (χ0v) is 19.8. The first-order chi connectivity index (χ1) is 17.5. The van der Waals surface area contributed by atoms with Gasteiger partial charge in [0, 0.05) is 36.6 Å². The zero-order valence-electron chi connectivity index (χ0n) is 19.8. The maximum atomic E-state index is 15.5. The predicted molar refractivity (Wildman–Crippen MR) is 133 cm³/mol. The van der Waals surface area contributed by atoms with Gasteiger partial charge in [0.1, 0.15) is 29.7 Å². The Labute approximate surface area is 206 Å². The van der Waals surface area contributed by atoms with Gasteiger partial charge >= 0.3 is 0 Å². The number of nitrogens with zero attached hydrogens (tertiary/aromatic N) is 7. The Morgan fingerprint density at radius 3 is 2.69 bits per heavy atom. The van der Waals surface area contributed by atoms with Gasteiger partial charge < -0.3 is 15.8 Å². The van der Waals surface area contributed by atoms with Crippen molar-refractivity contribution in [3.63, 3.8) is 0 Å². The summed E-state index contributed by atoms with van der Waals surface area (Å²) >= 11 is 0. The van der Waals surface area contributed by atoms with Crippen molar-refractivity contribution in [3.8, 4) is 11.5 Å². The van der Waals surface area contributed by atoms with E-state index in [2.05, 4.69) is 30.4 Å². The van der Waals surface area contributed by atoms with E-state index in [4.69, 9.17) is 10.5 Å². The molecule has 0 aliphatic carbocycles. The second-order valence-corrected chi connectivity index (χ2v) is 9.06. The summed E-state index contributed by atoms with van der Waals surface area (Å²) in [6.07, 6.45) is 8.54. The van der Waals surface area contributed by atoms with E-state index in [0.717, 1.165) is 43.6 Å². The Morgan fingerprint density at radius 1 is 1.06 bits per heavy atom. The summed E-state index contributed by atoms with van der Waals surface area (Å²) in [4.78, 5) is 11.0. The van der Waals surface area contributed by atoms with Gasteiger partial charge in [-0.25, -0.2) is 23.4 Å². The van der Waals surface area contributed by atoms with E-state index < -0.39 is 5.82 Å². The number of nitrogens with two attached hydrogens (primary N) is 1. The molecule has 0 radical (unpaired) electrons. The predicted octanol–water partition coefficient (Wildman–Crippen LogP) is 3.68. The number of ether oxygens (including phenoxy) is 1. The van der Waals surface area contributed by atoms with Gasteiger partial charge in [0.15, 0.2) is 17.3 Å². The van der Waals surface area contributed by atoms with Gasteiger partial charge in [-0.15, -0.1) is 0 Å². The van der Waals surface area contributed by atoms with Crippen molar-refractivity contribution >= 4 is 22.7 Å². The molecule has 4 aromatic heterocycles. The number of nitrogens with one attached hydrogen (secondary N) is 1. The third-order valence-electron chi connectivity index (χ3n) is 6.63. The summed E-state index contributed by atoms with van der Waals surface area (Å²) in [5.74, 6) is 1.10. The topological polar surface area (TPSA) is 111 Å². The number of aromatic nitrogens is 6. The largest absolute Gasteiger partial charge is 0.457 e. The van der Waals surface area contributed by atoms with Crippen LogP contribution in [0, 0.1) is 12.7 Å². The number of rotatable bonds is 6. The maximum Gasteiger partial charge on any atom is 0.158 e. The summed E-state index contributed by atoms with van der Waals surface area (Å²) in [7, 11) is 0. The van der Waals surface area contributed by atoms with E-state index in [1.54, 1.807) is 46.4 Å². The highest BCUT2D eigenvalue weighted by Crippen LogP contribution is 2.33. The molecular formula is C25H26FN9O. The maximum absolute atomic E-state index is 15.5. The van der Waals surface area contributed by atoms with E-state index >= 15 is 4.39 Å². The second kappa shape index (κ2) is 9.17. The van der Waals surface area contributed by atoms with Crippen LogP contribution in [0.1, 0.15) is 24.0 Å². The Hall–Kier alpha value is -4.09.